The van der Waals surface area contributed by atoms with Gasteiger partial charge in [0.1, 0.15) is 0 Å². The van der Waals surface area contributed by atoms with Gasteiger partial charge in [0.25, 0.3) is 0 Å². The van der Waals surface area contributed by atoms with Crippen LogP contribution in [0.1, 0.15) is 51.4 Å². The molecular formula is C14H29NO2S2. The topological polar surface area (TPSA) is 37.4 Å². The maximum Gasteiger partial charge on any atom is 0.151 e. The third-order valence-corrected chi connectivity index (χ3v) is 6.07. The van der Waals surface area contributed by atoms with E-state index in [2.05, 4.69) is 24.6 Å². The van der Waals surface area contributed by atoms with Crippen LogP contribution in [0.3, 0.4) is 0 Å². The van der Waals surface area contributed by atoms with E-state index in [0.29, 0.717) is 11.5 Å². The van der Waals surface area contributed by atoms with Gasteiger partial charge in [-0.2, -0.15) is 12.6 Å². The number of thiol groups is 1. The monoisotopic (exact) mass is 307 g/mol. The summed E-state index contributed by atoms with van der Waals surface area (Å²) in [5, 5.41) is 0. The zero-order valence-corrected chi connectivity index (χ0v) is 13.9. The number of sulfone groups is 1. The van der Waals surface area contributed by atoms with Crippen molar-refractivity contribution in [3.8, 4) is 0 Å². The minimum atomic E-state index is -2.74. The zero-order chi connectivity index (χ0) is 14.1. The fourth-order valence-electron chi connectivity index (χ4n) is 2.66. The first-order valence-electron chi connectivity index (χ1n) is 7.57. The molecule has 1 aliphatic rings. The van der Waals surface area contributed by atoms with E-state index < -0.39 is 9.84 Å². The Kier molecular flexibility index (Phi) is 8.42. The second-order valence-corrected chi connectivity index (χ2v) is 8.41. The van der Waals surface area contributed by atoms with Crippen molar-refractivity contribution in [3.63, 3.8) is 0 Å². The minimum absolute atomic E-state index is 0.264. The van der Waals surface area contributed by atoms with Crippen LogP contribution in [-0.4, -0.2) is 50.2 Å². The van der Waals surface area contributed by atoms with Crippen LogP contribution in [0.25, 0.3) is 0 Å². The Bertz CT molecular complexity index is 330. The standard InChI is InChI=1S/C14H29NO2S2/c1-15(14-9-12-19(16,17)13-14)10-7-5-3-2-4-6-8-11-18/h14,18H,2-13H2,1H3. The summed E-state index contributed by atoms with van der Waals surface area (Å²) in [6.45, 7) is 1.04. The largest absolute Gasteiger partial charge is 0.302 e. The van der Waals surface area contributed by atoms with Gasteiger partial charge in [0.15, 0.2) is 9.84 Å². The van der Waals surface area contributed by atoms with Gasteiger partial charge in [0, 0.05) is 6.04 Å². The van der Waals surface area contributed by atoms with Crippen molar-refractivity contribution >= 4 is 22.5 Å². The molecule has 0 aromatic carbocycles. The van der Waals surface area contributed by atoms with E-state index in [1.54, 1.807) is 0 Å². The SMILES string of the molecule is CN(CCCCCCCCCS)C1CCS(=O)(=O)C1. The summed E-state index contributed by atoms with van der Waals surface area (Å²) in [7, 11) is -0.669. The lowest BCUT2D eigenvalue weighted by molar-refractivity contribution is 0.256. The first kappa shape index (κ1) is 17.3. The minimum Gasteiger partial charge on any atom is -0.302 e. The fourth-order valence-corrected chi connectivity index (χ4v) is 4.69. The molecule has 1 saturated heterocycles. The van der Waals surface area contributed by atoms with Crippen LogP contribution < -0.4 is 0 Å². The number of rotatable bonds is 10. The molecule has 0 saturated carbocycles. The Balaban J connectivity index is 1.97. The van der Waals surface area contributed by atoms with Crippen molar-refractivity contribution in [1.29, 1.82) is 0 Å². The molecule has 19 heavy (non-hydrogen) atoms. The van der Waals surface area contributed by atoms with E-state index in [1.165, 1.54) is 44.9 Å². The molecule has 0 aliphatic carbocycles. The Morgan fingerprint density at radius 2 is 1.63 bits per heavy atom. The van der Waals surface area contributed by atoms with Crippen LogP contribution in [0.15, 0.2) is 0 Å². The highest BCUT2D eigenvalue weighted by atomic mass is 32.2. The average Bonchev–Trinajstić information content (AvgIpc) is 2.73. The summed E-state index contributed by atoms with van der Waals surface area (Å²) < 4.78 is 22.8. The molecule has 5 heteroatoms. The number of hydrogen-bond acceptors (Lipinski definition) is 4. The predicted molar refractivity (Wildman–Crippen MR) is 85.9 cm³/mol. The van der Waals surface area contributed by atoms with Crippen molar-refractivity contribution in [2.45, 2.75) is 57.4 Å². The second-order valence-electron chi connectivity index (χ2n) is 5.74. The lowest BCUT2D eigenvalue weighted by Crippen LogP contribution is -2.33. The van der Waals surface area contributed by atoms with Crippen molar-refractivity contribution in [3.05, 3.63) is 0 Å². The Hall–Kier alpha value is 0.260. The van der Waals surface area contributed by atoms with E-state index in [9.17, 15) is 8.42 Å². The summed E-state index contributed by atoms with van der Waals surface area (Å²) in [5.41, 5.74) is 0. The lowest BCUT2D eigenvalue weighted by Gasteiger charge is -2.22. The van der Waals surface area contributed by atoms with Crippen molar-refractivity contribution in [2.75, 3.05) is 30.9 Å². The van der Waals surface area contributed by atoms with E-state index in [4.69, 9.17) is 0 Å². The number of unbranched alkanes of at least 4 members (excludes halogenated alkanes) is 6. The fraction of sp³-hybridized carbons (Fsp3) is 1.00. The Morgan fingerprint density at radius 1 is 1.05 bits per heavy atom. The highest BCUT2D eigenvalue weighted by Gasteiger charge is 2.30. The molecule has 0 amide bonds. The second kappa shape index (κ2) is 9.24. The quantitative estimate of drug-likeness (QED) is 0.498. The molecule has 3 nitrogen and oxygen atoms in total. The van der Waals surface area contributed by atoms with Crippen molar-refractivity contribution in [1.82, 2.24) is 4.90 Å². The molecule has 0 spiro atoms. The highest BCUT2D eigenvalue weighted by molar-refractivity contribution is 7.91. The zero-order valence-electron chi connectivity index (χ0n) is 12.2. The summed E-state index contributed by atoms with van der Waals surface area (Å²) in [4.78, 5) is 2.24. The maximum atomic E-state index is 11.4. The predicted octanol–water partition coefficient (Wildman–Crippen LogP) is 2.77. The third kappa shape index (κ3) is 7.57. The van der Waals surface area contributed by atoms with Gasteiger partial charge >= 0.3 is 0 Å². The van der Waals surface area contributed by atoms with Gasteiger partial charge in [0.2, 0.25) is 0 Å². The third-order valence-electron chi connectivity index (χ3n) is 4.00. The summed E-state index contributed by atoms with van der Waals surface area (Å²) in [6, 6.07) is 0.264. The molecule has 1 aliphatic heterocycles. The van der Waals surface area contributed by atoms with E-state index in [1.807, 2.05) is 0 Å². The molecule has 1 atom stereocenters. The molecule has 1 fully saturated rings. The lowest BCUT2D eigenvalue weighted by atomic mass is 10.1. The van der Waals surface area contributed by atoms with Crippen LogP contribution in [0.5, 0.6) is 0 Å². The van der Waals surface area contributed by atoms with Gasteiger partial charge in [-0.25, -0.2) is 8.42 Å². The molecule has 1 unspecified atom stereocenters. The van der Waals surface area contributed by atoms with Gasteiger partial charge in [-0.3, -0.25) is 0 Å². The highest BCUT2D eigenvalue weighted by Crippen LogP contribution is 2.17. The van der Waals surface area contributed by atoms with E-state index in [0.717, 1.165) is 18.7 Å². The van der Waals surface area contributed by atoms with Gasteiger partial charge < -0.3 is 4.90 Å². The van der Waals surface area contributed by atoms with E-state index in [-0.39, 0.29) is 6.04 Å². The molecule has 1 heterocycles. The first-order chi connectivity index (χ1) is 9.05. The summed E-state index contributed by atoms with van der Waals surface area (Å²) in [5.74, 6) is 1.76. The van der Waals surface area contributed by atoms with Crippen LogP contribution in [-0.2, 0) is 9.84 Å². The molecule has 114 valence electrons. The maximum absolute atomic E-state index is 11.4. The van der Waals surface area contributed by atoms with Gasteiger partial charge in [-0.1, -0.05) is 32.1 Å². The van der Waals surface area contributed by atoms with Crippen LogP contribution in [0, 0.1) is 0 Å². The van der Waals surface area contributed by atoms with Crippen molar-refractivity contribution < 1.29 is 8.42 Å². The molecule has 0 N–H and O–H groups in total. The number of nitrogens with zero attached hydrogens (tertiary/aromatic N) is 1. The van der Waals surface area contributed by atoms with Gasteiger partial charge in [0.05, 0.1) is 11.5 Å². The molecule has 0 aromatic heterocycles. The van der Waals surface area contributed by atoms with Crippen LogP contribution in [0.4, 0.5) is 0 Å². The first-order valence-corrected chi connectivity index (χ1v) is 10.0. The summed E-state index contributed by atoms with van der Waals surface area (Å²) >= 11 is 4.21. The molecular weight excluding hydrogens is 278 g/mol. The Labute approximate surface area is 124 Å². The average molecular weight is 308 g/mol. The van der Waals surface area contributed by atoms with Crippen LogP contribution >= 0.6 is 12.6 Å². The molecule has 0 radical (unpaired) electrons. The normalized spacial score (nSPS) is 22.2. The Morgan fingerprint density at radius 3 is 2.16 bits per heavy atom. The van der Waals surface area contributed by atoms with Gasteiger partial charge in [-0.15, -0.1) is 0 Å². The number of hydrogen-bond donors (Lipinski definition) is 1. The van der Waals surface area contributed by atoms with Crippen molar-refractivity contribution in [2.24, 2.45) is 0 Å². The van der Waals surface area contributed by atoms with E-state index >= 15 is 0 Å². The molecule has 0 bridgehead atoms. The smallest absolute Gasteiger partial charge is 0.151 e. The van der Waals surface area contributed by atoms with Crippen LogP contribution in [0.2, 0.25) is 0 Å². The summed E-state index contributed by atoms with van der Waals surface area (Å²) in [6.07, 6.45) is 9.80. The molecule has 0 aromatic rings. The van der Waals surface area contributed by atoms with Gasteiger partial charge in [-0.05, 0) is 38.6 Å². The molecule has 1 rings (SSSR count).